The van der Waals surface area contributed by atoms with Crippen molar-refractivity contribution in [1.82, 2.24) is 15.1 Å². The summed E-state index contributed by atoms with van der Waals surface area (Å²) in [5.41, 5.74) is 0.393. The van der Waals surface area contributed by atoms with Gasteiger partial charge in [-0.1, -0.05) is 18.9 Å². The smallest absolute Gasteiger partial charge is 0.325 e. The summed E-state index contributed by atoms with van der Waals surface area (Å²) < 4.78 is 0. The molecule has 2 fully saturated rings. The van der Waals surface area contributed by atoms with E-state index in [0.29, 0.717) is 19.4 Å². The van der Waals surface area contributed by atoms with Crippen molar-refractivity contribution in [3.05, 3.63) is 44.3 Å². The quantitative estimate of drug-likeness (QED) is 0.783. The molecular formula is C20H21N3O3S2. The molecule has 5 rings (SSSR count). The molecule has 1 atom stereocenters. The number of carbonyl (C=O) groups excluding carboxylic acids is 3. The molecule has 0 radical (unpaired) electrons. The fourth-order valence-electron chi connectivity index (χ4n) is 4.70. The first kappa shape index (κ1) is 17.9. The zero-order valence-electron chi connectivity index (χ0n) is 15.3. The number of fused-ring (bicyclic) bond motifs is 1. The van der Waals surface area contributed by atoms with E-state index in [4.69, 9.17) is 0 Å². The van der Waals surface area contributed by atoms with E-state index in [0.717, 1.165) is 34.6 Å². The number of urea groups is 1. The van der Waals surface area contributed by atoms with Crippen LogP contribution in [0, 0.1) is 0 Å². The van der Waals surface area contributed by atoms with Crippen molar-refractivity contribution < 1.29 is 14.4 Å². The molecule has 0 aromatic carbocycles. The maximum Gasteiger partial charge on any atom is 0.325 e. The lowest BCUT2D eigenvalue weighted by molar-refractivity contribution is -0.140. The normalized spacial score (nSPS) is 23.4. The van der Waals surface area contributed by atoms with Gasteiger partial charge in [0, 0.05) is 16.3 Å². The average Bonchev–Trinajstić information content (AvgIpc) is 3.47. The molecule has 2 aromatic heterocycles. The van der Waals surface area contributed by atoms with Crippen molar-refractivity contribution in [2.45, 2.75) is 43.7 Å². The Morgan fingerprint density at radius 1 is 1.18 bits per heavy atom. The van der Waals surface area contributed by atoms with E-state index in [9.17, 15) is 14.4 Å². The molecular weight excluding hydrogens is 394 g/mol. The van der Waals surface area contributed by atoms with Crippen molar-refractivity contribution in [2.75, 3.05) is 13.1 Å². The maximum absolute atomic E-state index is 13.2. The molecule has 2 aliphatic heterocycles. The minimum atomic E-state index is -0.771. The highest BCUT2D eigenvalue weighted by Gasteiger charge is 2.53. The van der Waals surface area contributed by atoms with Crippen LogP contribution in [0.2, 0.25) is 0 Å². The first-order valence-corrected chi connectivity index (χ1v) is 11.4. The predicted molar refractivity (Wildman–Crippen MR) is 107 cm³/mol. The summed E-state index contributed by atoms with van der Waals surface area (Å²) in [5.74, 6) is -0.405. The minimum Gasteiger partial charge on any atom is -0.329 e. The number of amides is 4. The average molecular weight is 416 g/mol. The van der Waals surface area contributed by atoms with Gasteiger partial charge in [-0.25, -0.2) is 4.79 Å². The number of hydrogen-bond acceptors (Lipinski definition) is 5. The van der Waals surface area contributed by atoms with E-state index >= 15 is 0 Å². The summed E-state index contributed by atoms with van der Waals surface area (Å²) >= 11 is 3.35. The van der Waals surface area contributed by atoms with Crippen LogP contribution in [-0.4, -0.2) is 46.3 Å². The van der Waals surface area contributed by atoms with Gasteiger partial charge in [0.25, 0.3) is 5.91 Å². The van der Waals surface area contributed by atoms with Gasteiger partial charge in [-0.15, -0.1) is 22.7 Å². The van der Waals surface area contributed by atoms with E-state index < -0.39 is 11.6 Å². The fourth-order valence-corrected chi connectivity index (χ4v) is 6.46. The van der Waals surface area contributed by atoms with Gasteiger partial charge in [-0.05, 0) is 47.7 Å². The zero-order valence-corrected chi connectivity index (χ0v) is 17.0. The molecule has 6 nitrogen and oxygen atoms in total. The van der Waals surface area contributed by atoms with Crippen LogP contribution in [0.4, 0.5) is 4.79 Å². The Kier molecular flexibility index (Phi) is 4.28. The summed E-state index contributed by atoms with van der Waals surface area (Å²) in [6.07, 6.45) is 4.01. The van der Waals surface area contributed by atoms with Crippen LogP contribution >= 0.6 is 22.7 Å². The van der Waals surface area contributed by atoms with E-state index in [1.807, 2.05) is 22.4 Å². The van der Waals surface area contributed by atoms with Crippen LogP contribution in [0.1, 0.15) is 47.0 Å². The Morgan fingerprint density at radius 2 is 2.00 bits per heavy atom. The topological polar surface area (TPSA) is 69.7 Å². The number of imide groups is 1. The molecule has 28 heavy (non-hydrogen) atoms. The Labute approximate surface area is 171 Å². The second-order valence-electron chi connectivity index (χ2n) is 7.66. The highest BCUT2D eigenvalue weighted by molar-refractivity contribution is 7.10. The molecule has 1 saturated heterocycles. The van der Waals surface area contributed by atoms with Gasteiger partial charge < -0.3 is 10.2 Å². The zero-order chi connectivity index (χ0) is 19.3. The van der Waals surface area contributed by atoms with Crippen LogP contribution in [-0.2, 0) is 16.0 Å². The van der Waals surface area contributed by atoms with E-state index in [2.05, 4.69) is 16.8 Å². The van der Waals surface area contributed by atoms with Gasteiger partial charge in [-0.3, -0.25) is 14.5 Å². The summed E-state index contributed by atoms with van der Waals surface area (Å²) in [4.78, 5) is 44.0. The van der Waals surface area contributed by atoms with Crippen LogP contribution in [0.5, 0.6) is 0 Å². The lowest BCUT2D eigenvalue weighted by Crippen LogP contribution is -2.48. The fraction of sp³-hybridized carbons (Fsp3) is 0.450. The number of carbonyl (C=O) groups is 3. The number of thiophene rings is 2. The van der Waals surface area contributed by atoms with Gasteiger partial charge in [0.15, 0.2) is 0 Å². The summed E-state index contributed by atoms with van der Waals surface area (Å²) in [6, 6.07) is 5.56. The van der Waals surface area contributed by atoms with Crippen molar-refractivity contribution in [2.24, 2.45) is 0 Å². The Bertz CT molecular complexity index is 930. The third-order valence-corrected chi connectivity index (χ3v) is 8.02. The van der Waals surface area contributed by atoms with Crippen molar-refractivity contribution in [3.8, 4) is 0 Å². The minimum absolute atomic E-state index is 0.135. The van der Waals surface area contributed by atoms with Gasteiger partial charge in [0.2, 0.25) is 5.91 Å². The SMILES string of the molecule is O=C1NC2(CCCC2)C(=O)N1CC(=O)N1CCc2sccc2C1c1cccs1. The second-order valence-corrected chi connectivity index (χ2v) is 9.64. The molecule has 1 spiro atoms. The Hall–Kier alpha value is -2.19. The van der Waals surface area contributed by atoms with E-state index in [-0.39, 0.29) is 24.4 Å². The molecule has 4 heterocycles. The van der Waals surface area contributed by atoms with E-state index in [1.165, 1.54) is 4.88 Å². The van der Waals surface area contributed by atoms with Crippen LogP contribution in [0.3, 0.4) is 0 Å². The number of nitrogens with zero attached hydrogens (tertiary/aromatic N) is 2. The monoisotopic (exact) mass is 415 g/mol. The lowest BCUT2D eigenvalue weighted by atomic mass is 9.97. The van der Waals surface area contributed by atoms with Gasteiger partial charge in [0.1, 0.15) is 12.1 Å². The molecule has 4 amide bonds. The third kappa shape index (κ3) is 2.69. The second kappa shape index (κ2) is 6.70. The predicted octanol–water partition coefficient (Wildman–Crippen LogP) is 3.15. The molecule has 146 valence electrons. The van der Waals surface area contributed by atoms with E-state index in [1.54, 1.807) is 22.7 Å². The Morgan fingerprint density at radius 3 is 2.75 bits per heavy atom. The third-order valence-electron chi connectivity index (χ3n) is 6.10. The molecule has 0 bridgehead atoms. The largest absolute Gasteiger partial charge is 0.329 e. The van der Waals surface area contributed by atoms with Crippen LogP contribution in [0.15, 0.2) is 29.0 Å². The Balaban J connectivity index is 1.40. The van der Waals surface area contributed by atoms with Crippen LogP contribution in [0.25, 0.3) is 0 Å². The summed E-state index contributed by atoms with van der Waals surface area (Å²) in [5, 5.41) is 6.94. The molecule has 2 aromatic rings. The highest BCUT2D eigenvalue weighted by atomic mass is 32.1. The number of hydrogen-bond donors (Lipinski definition) is 1. The summed E-state index contributed by atoms with van der Waals surface area (Å²) in [6.45, 7) is 0.414. The molecule has 1 unspecified atom stereocenters. The standard InChI is InChI=1S/C20H21N3O3S2/c24-16(12-23-18(25)20(21-19(23)26)7-1-2-8-20)22-9-5-14-13(6-11-28-14)17(22)15-4-3-10-27-15/h3-4,6,10-11,17H,1-2,5,7-9,12H2,(H,21,26). The van der Waals surface area contributed by atoms with Crippen molar-refractivity contribution >= 4 is 40.5 Å². The first-order valence-electron chi connectivity index (χ1n) is 9.62. The number of nitrogens with one attached hydrogen (secondary N) is 1. The molecule has 1 aliphatic carbocycles. The molecule has 8 heteroatoms. The van der Waals surface area contributed by atoms with Crippen molar-refractivity contribution in [3.63, 3.8) is 0 Å². The highest BCUT2D eigenvalue weighted by Crippen LogP contribution is 2.40. The van der Waals surface area contributed by atoms with Gasteiger partial charge >= 0.3 is 6.03 Å². The molecule has 1 saturated carbocycles. The summed E-state index contributed by atoms with van der Waals surface area (Å²) in [7, 11) is 0. The van der Waals surface area contributed by atoms with Gasteiger partial charge in [0.05, 0.1) is 6.04 Å². The van der Waals surface area contributed by atoms with Gasteiger partial charge in [-0.2, -0.15) is 0 Å². The van der Waals surface area contributed by atoms with Crippen molar-refractivity contribution in [1.29, 1.82) is 0 Å². The lowest BCUT2D eigenvalue weighted by Gasteiger charge is -2.36. The molecule has 1 N–H and O–H groups in total. The maximum atomic E-state index is 13.2. The molecule has 3 aliphatic rings. The van der Waals surface area contributed by atoms with Crippen LogP contribution < -0.4 is 5.32 Å². The first-order chi connectivity index (χ1) is 13.6. The number of rotatable bonds is 3.